The monoisotopic (exact) mass is 493 g/mol. The van der Waals surface area contributed by atoms with Gasteiger partial charge in [-0.15, -0.1) is 0 Å². The Balaban J connectivity index is 1.44. The number of carbonyl (C=O) groups is 2. The van der Waals surface area contributed by atoms with Crippen LogP contribution in [0, 0.1) is 6.92 Å². The topological polar surface area (TPSA) is 46.6 Å². The van der Waals surface area contributed by atoms with E-state index in [1.54, 1.807) is 6.08 Å². The third kappa shape index (κ3) is 5.46. The van der Waals surface area contributed by atoms with E-state index in [2.05, 4.69) is 35.0 Å². The average Bonchev–Trinajstić information content (AvgIpc) is 3.02. The number of thioether (sulfide) groups is 1. The van der Waals surface area contributed by atoms with Gasteiger partial charge in [0.1, 0.15) is 12.4 Å². The Kier molecular flexibility index (Phi) is 6.59. The third-order valence-electron chi connectivity index (χ3n) is 4.81. The van der Waals surface area contributed by atoms with Crippen molar-refractivity contribution in [1.29, 1.82) is 0 Å². The number of halogens is 1. The summed E-state index contributed by atoms with van der Waals surface area (Å²) in [5.74, 6) is 0.437. The first-order valence-electron chi connectivity index (χ1n) is 9.76. The summed E-state index contributed by atoms with van der Waals surface area (Å²) in [4.78, 5) is 26.9. The highest BCUT2D eigenvalue weighted by Crippen LogP contribution is 2.33. The van der Waals surface area contributed by atoms with Gasteiger partial charge in [-0.2, -0.15) is 0 Å². The molecule has 0 aromatic heterocycles. The van der Waals surface area contributed by atoms with Crippen molar-refractivity contribution in [3.8, 4) is 5.75 Å². The molecule has 0 bridgehead atoms. The van der Waals surface area contributed by atoms with E-state index >= 15 is 0 Å². The standard InChI is InChI=1S/C25H20BrNO3S/c1-17-5-7-19(8-6-17)16-30-22-4-2-3-20(13-22)14-23-24(28)27(25(29)31-23)15-18-9-11-21(26)12-10-18/h2-14H,15-16H2,1H3/b23-14-. The normalized spacial score (nSPS) is 15.0. The fraction of sp³-hybridized carbons (Fsp3) is 0.120. The third-order valence-corrected chi connectivity index (χ3v) is 6.25. The highest BCUT2D eigenvalue weighted by Gasteiger charge is 2.34. The Morgan fingerprint density at radius 1 is 0.968 bits per heavy atom. The van der Waals surface area contributed by atoms with Crippen LogP contribution in [0.15, 0.2) is 82.2 Å². The number of aryl methyl sites for hydroxylation is 1. The fourth-order valence-corrected chi connectivity index (χ4v) is 4.21. The van der Waals surface area contributed by atoms with E-state index in [4.69, 9.17) is 4.74 Å². The minimum Gasteiger partial charge on any atom is -0.489 e. The van der Waals surface area contributed by atoms with Crippen LogP contribution in [0.4, 0.5) is 4.79 Å². The quantitative estimate of drug-likeness (QED) is 0.364. The van der Waals surface area contributed by atoms with Crippen molar-refractivity contribution < 1.29 is 14.3 Å². The van der Waals surface area contributed by atoms with E-state index in [1.807, 2.05) is 60.7 Å². The number of benzene rings is 3. The molecule has 3 aromatic rings. The molecular formula is C25H20BrNO3S. The molecule has 0 saturated carbocycles. The van der Waals surface area contributed by atoms with E-state index < -0.39 is 0 Å². The average molecular weight is 494 g/mol. The van der Waals surface area contributed by atoms with Gasteiger partial charge < -0.3 is 4.74 Å². The molecule has 156 valence electrons. The van der Waals surface area contributed by atoms with E-state index in [0.29, 0.717) is 17.3 Å². The molecule has 0 N–H and O–H groups in total. The van der Waals surface area contributed by atoms with Gasteiger partial charge in [-0.05, 0) is 65.7 Å². The number of hydrogen-bond donors (Lipinski definition) is 0. The zero-order chi connectivity index (χ0) is 21.8. The van der Waals surface area contributed by atoms with Gasteiger partial charge in [0.15, 0.2) is 0 Å². The molecule has 1 fully saturated rings. The molecule has 2 amide bonds. The van der Waals surface area contributed by atoms with E-state index in [0.717, 1.165) is 32.9 Å². The summed E-state index contributed by atoms with van der Waals surface area (Å²) in [6.07, 6.45) is 1.74. The molecule has 3 aromatic carbocycles. The van der Waals surface area contributed by atoms with Crippen LogP contribution in [-0.4, -0.2) is 16.0 Å². The minimum atomic E-state index is -0.274. The summed E-state index contributed by atoms with van der Waals surface area (Å²) < 4.78 is 6.85. The smallest absolute Gasteiger partial charge is 0.293 e. The SMILES string of the molecule is Cc1ccc(COc2cccc(/C=C3\SC(=O)N(Cc4ccc(Br)cc4)C3=O)c2)cc1. The Morgan fingerprint density at radius 3 is 2.42 bits per heavy atom. The van der Waals surface area contributed by atoms with Crippen molar-refractivity contribution in [3.63, 3.8) is 0 Å². The predicted molar refractivity (Wildman–Crippen MR) is 128 cm³/mol. The van der Waals surface area contributed by atoms with Crippen LogP contribution in [0.5, 0.6) is 5.75 Å². The van der Waals surface area contributed by atoms with Crippen LogP contribution >= 0.6 is 27.7 Å². The fourth-order valence-electron chi connectivity index (χ4n) is 3.11. The summed E-state index contributed by atoms with van der Waals surface area (Å²) in [7, 11) is 0. The molecule has 1 saturated heterocycles. The lowest BCUT2D eigenvalue weighted by Gasteiger charge is -2.12. The van der Waals surface area contributed by atoms with Crippen LogP contribution < -0.4 is 4.74 Å². The summed E-state index contributed by atoms with van der Waals surface area (Å²) in [6, 6.07) is 23.3. The zero-order valence-corrected chi connectivity index (χ0v) is 19.3. The van der Waals surface area contributed by atoms with Crippen molar-refractivity contribution in [3.05, 3.63) is 104 Å². The van der Waals surface area contributed by atoms with Gasteiger partial charge in [0, 0.05) is 4.47 Å². The van der Waals surface area contributed by atoms with Gasteiger partial charge in [-0.3, -0.25) is 14.5 Å². The van der Waals surface area contributed by atoms with Crippen LogP contribution in [0.25, 0.3) is 6.08 Å². The van der Waals surface area contributed by atoms with E-state index in [1.165, 1.54) is 10.5 Å². The zero-order valence-electron chi connectivity index (χ0n) is 16.9. The first-order valence-corrected chi connectivity index (χ1v) is 11.4. The predicted octanol–water partition coefficient (Wildman–Crippen LogP) is 6.57. The molecule has 1 heterocycles. The number of imide groups is 1. The number of hydrogen-bond acceptors (Lipinski definition) is 4. The van der Waals surface area contributed by atoms with Gasteiger partial charge in [0.25, 0.3) is 11.1 Å². The van der Waals surface area contributed by atoms with Crippen LogP contribution in [0.1, 0.15) is 22.3 Å². The summed E-state index contributed by atoms with van der Waals surface area (Å²) >= 11 is 4.36. The molecule has 0 aliphatic carbocycles. The molecule has 6 heteroatoms. The molecule has 4 rings (SSSR count). The first kappa shape index (κ1) is 21.4. The highest BCUT2D eigenvalue weighted by atomic mass is 79.9. The lowest BCUT2D eigenvalue weighted by atomic mass is 10.1. The van der Waals surface area contributed by atoms with Crippen molar-refractivity contribution in [2.24, 2.45) is 0 Å². The molecule has 0 atom stereocenters. The maximum atomic E-state index is 12.8. The van der Waals surface area contributed by atoms with Gasteiger partial charge >= 0.3 is 0 Å². The van der Waals surface area contributed by atoms with Gasteiger partial charge in [-0.1, -0.05) is 70.0 Å². The van der Waals surface area contributed by atoms with Gasteiger partial charge in [0.2, 0.25) is 0 Å². The Bertz CT molecular complexity index is 1140. The molecule has 1 aliphatic rings. The van der Waals surface area contributed by atoms with Crippen LogP contribution in [0.3, 0.4) is 0 Å². The Morgan fingerprint density at radius 2 is 1.68 bits per heavy atom. The lowest BCUT2D eigenvalue weighted by molar-refractivity contribution is -0.123. The Labute approximate surface area is 194 Å². The van der Waals surface area contributed by atoms with Crippen molar-refractivity contribution in [2.45, 2.75) is 20.1 Å². The number of amides is 2. The summed E-state index contributed by atoms with van der Waals surface area (Å²) in [5, 5.41) is -0.258. The molecule has 0 unspecified atom stereocenters. The van der Waals surface area contributed by atoms with Crippen molar-refractivity contribution >= 4 is 44.9 Å². The van der Waals surface area contributed by atoms with Gasteiger partial charge in [-0.25, -0.2) is 0 Å². The second-order valence-electron chi connectivity index (χ2n) is 7.24. The molecule has 1 aliphatic heterocycles. The van der Waals surface area contributed by atoms with Crippen molar-refractivity contribution in [1.82, 2.24) is 4.90 Å². The summed E-state index contributed by atoms with van der Waals surface area (Å²) in [5.41, 5.74) is 4.01. The second-order valence-corrected chi connectivity index (χ2v) is 9.15. The number of rotatable bonds is 6. The lowest BCUT2D eigenvalue weighted by Crippen LogP contribution is -2.27. The first-order chi connectivity index (χ1) is 15.0. The molecular weight excluding hydrogens is 474 g/mol. The molecule has 4 nitrogen and oxygen atoms in total. The maximum Gasteiger partial charge on any atom is 0.293 e. The largest absolute Gasteiger partial charge is 0.489 e. The van der Waals surface area contributed by atoms with Gasteiger partial charge in [0.05, 0.1) is 11.4 Å². The molecule has 0 spiro atoms. The van der Waals surface area contributed by atoms with Crippen molar-refractivity contribution in [2.75, 3.05) is 0 Å². The van der Waals surface area contributed by atoms with Crippen LogP contribution in [-0.2, 0) is 17.9 Å². The minimum absolute atomic E-state index is 0.258. The second kappa shape index (κ2) is 9.54. The highest BCUT2D eigenvalue weighted by molar-refractivity contribution is 9.10. The number of carbonyl (C=O) groups excluding carboxylic acids is 2. The number of ether oxygens (including phenoxy) is 1. The number of nitrogens with zero attached hydrogens (tertiary/aromatic N) is 1. The summed E-state index contributed by atoms with van der Waals surface area (Å²) in [6.45, 7) is 2.77. The van der Waals surface area contributed by atoms with Crippen LogP contribution in [0.2, 0.25) is 0 Å². The molecule has 0 radical (unpaired) electrons. The molecule has 31 heavy (non-hydrogen) atoms. The van der Waals surface area contributed by atoms with E-state index in [-0.39, 0.29) is 17.7 Å². The Hall–Kier alpha value is -2.83. The van der Waals surface area contributed by atoms with E-state index in [9.17, 15) is 9.59 Å². The maximum absolute atomic E-state index is 12.8.